The van der Waals surface area contributed by atoms with Gasteiger partial charge in [-0.3, -0.25) is 9.78 Å². The maximum atomic E-state index is 15.7. The van der Waals surface area contributed by atoms with Crippen molar-refractivity contribution in [2.24, 2.45) is 0 Å². The molecule has 1 saturated heterocycles. The number of halogens is 1. The summed E-state index contributed by atoms with van der Waals surface area (Å²) in [5.74, 6) is 0.952. The molecule has 2 aromatic carbocycles. The van der Waals surface area contributed by atoms with Gasteiger partial charge < -0.3 is 24.3 Å². The number of rotatable bonds is 7. The lowest BCUT2D eigenvalue weighted by molar-refractivity contribution is 0.0741. The van der Waals surface area contributed by atoms with Crippen LogP contribution in [0.5, 0.6) is 11.5 Å². The monoisotopic (exact) mass is 530 g/mol. The summed E-state index contributed by atoms with van der Waals surface area (Å²) in [6.07, 6.45) is 3.38. The number of nitrogens with zero attached hydrogens (tertiary/aromatic N) is 3. The molecule has 0 atom stereocenters. The van der Waals surface area contributed by atoms with Gasteiger partial charge in [-0.15, -0.1) is 0 Å². The number of hydrogen-bond donors (Lipinski definition) is 1. The molecule has 0 saturated carbocycles. The highest BCUT2D eigenvalue weighted by molar-refractivity contribution is 6.04. The number of hydrogen-bond acceptors (Lipinski definition) is 5. The molecule has 7 nitrogen and oxygen atoms in total. The third-order valence-corrected chi connectivity index (χ3v) is 7.16. The second-order valence-corrected chi connectivity index (χ2v) is 10.4. The van der Waals surface area contributed by atoms with Crippen LogP contribution in [0.25, 0.3) is 22.0 Å². The molecule has 5 rings (SSSR count). The molecule has 1 aliphatic heterocycles. The Balaban J connectivity index is 1.49. The molecule has 1 amide bonds. The van der Waals surface area contributed by atoms with E-state index >= 15 is 4.39 Å². The van der Waals surface area contributed by atoms with Crippen LogP contribution in [0.4, 0.5) is 10.1 Å². The number of anilines is 1. The van der Waals surface area contributed by atoms with Gasteiger partial charge in [0.05, 0.1) is 24.4 Å². The van der Waals surface area contributed by atoms with E-state index in [4.69, 9.17) is 9.47 Å². The van der Waals surface area contributed by atoms with Gasteiger partial charge in [-0.05, 0) is 61.2 Å². The van der Waals surface area contributed by atoms with Crippen molar-refractivity contribution >= 4 is 22.5 Å². The SMILES string of the molecule is COc1ccccc1N1CCN(C(=O)c2cc3c(-c4cnccc4OC(C)C)cc(C(C)C)c(F)c3[nH]2)CC1. The van der Waals surface area contributed by atoms with Gasteiger partial charge >= 0.3 is 0 Å². The number of carbonyl (C=O) groups is 1. The van der Waals surface area contributed by atoms with E-state index in [0.29, 0.717) is 54.1 Å². The summed E-state index contributed by atoms with van der Waals surface area (Å²) in [6.45, 7) is 10.3. The number of amides is 1. The molecule has 1 aliphatic rings. The second-order valence-electron chi connectivity index (χ2n) is 10.4. The van der Waals surface area contributed by atoms with Crippen LogP contribution in [0.1, 0.15) is 49.7 Å². The molecule has 3 heterocycles. The molecule has 2 aromatic heterocycles. The number of benzene rings is 2. The fourth-order valence-electron chi connectivity index (χ4n) is 5.19. The Bertz CT molecular complexity index is 1490. The van der Waals surface area contributed by atoms with Crippen LogP contribution in [0.3, 0.4) is 0 Å². The molecular formula is C31H35FN4O3. The van der Waals surface area contributed by atoms with Crippen molar-refractivity contribution in [1.29, 1.82) is 0 Å². The van der Waals surface area contributed by atoms with Gasteiger partial charge in [0, 0.05) is 49.5 Å². The first-order chi connectivity index (χ1) is 18.8. The predicted molar refractivity (Wildman–Crippen MR) is 152 cm³/mol. The number of carbonyl (C=O) groups excluding carboxylic acids is 1. The lowest BCUT2D eigenvalue weighted by Gasteiger charge is -2.36. The lowest BCUT2D eigenvalue weighted by Crippen LogP contribution is -2.49. The average molecular weight is 531 g/mol. The number of ether oxygens (including phenoxy) is 2. The third-order valence-electron chi connectivity index (χ3n) is 7.16. The zero-order valence-corrected chi connectivity index (χ0v) is 23.1. The number of para-hydroxylation sites is 2. The van der Waals surface area contributed by atoms with Crippen molar-refractivity contribution in [3.8, 4) is 22.6 Å². The Morgan fingerprint density at radius 3 is 2.44 bits per heavy atom. The highest BCUT2D eigenvalue weighted by Crippen LogP contribution is 2.39. The minimum atomic E-state index is -0.334. The van der Waals surface area contributed by atoms with Crippen molar-refractivity contribution in [2.75, 3.05) is 38.2 Å². The standard InChI is InChI=1S/C31H35FN4O3/c1-19(2)21-16-22(24-18-33-11-10-27(24)39-20(3)4)23-17-25(34-30(23)29(21)32)31(37)36-14-12-35(13-15-36)26-8-6-7-9-28(26)38-5/h6-11,16-20,34H,12-15H2,1-5H3. The Morgan fingerprint density at radius 1 is 1.00 bits per heavy atom. The minimum Gasteiger partial charge on any atom is -0.495 e. The zero-order valence-electron chi connectivity index (χ0n) is 23.1. The van der Waals surface area contributed by atoms with E-state index in [1.54, 1.807) is 25.6 Å². The molecule has 0 spiro atoms. The predicted octanol–water partition coefficient (Wildman–Crippen LogP) is 6.25. The van der Waals surface area contributed by atoms with Crippen LogP contribution in [-0.4, -0.2) is 60.2 Å². The van der Waals surface area contributed by atoms with Crippen molar-refractivity contribution in [3.63, 3.8) is 0 Å². The summed E-state index contributed by atoms with van der Waals surface area (Å²) in [6, 6.07) is 13.3. The molecule has 1 fully saturated rings. The molecule has 0 bridgehead atoms. The average Bonchev–Trinajstić information content (AvgIpc) is 3.39. The van der Waals surface area contributed by atoms with Gasteiger partial charge in [-0.1, -0.05) is 26.0 Å². The van der Waals surface area contributed by atoms with Crippen molar-refractivity contribution in [1.82, 2.24) is 14.9 Å². The van der Waals surface area contributed by atoms with E-state index < -0.39 is 0 Å². The number of fused-ring (bicyclic) bond motifs is 1. The highest BCUT2D eigenvalue weighted by Gasteiger charge is 2.27. The highest BCUT2D eigenvalue weighted by atomic mass is 19.1. The maximum Gasteiger partial charge on any atom is 0.270 e. The molecule has 39 heavy (non-hydrogen) atoms. The van der Waals surface area contributed by atoms with Crippen molar-refractivity contribution < 1.29 is 18.7 Å². The van der Waals surface area contributed by atoms with Crippen LogP contribution in [0.2, 0.25) is 0 Å². The quantitative estimate of drug-likeness (QED) is 0.306. The molecule has 0 aliphatic carbocycles. The van der Waals surface area contributed by atoms with Gasteiger partial charge in [0.15, 0.2) is 5.82 Å². The van der Waals surface area contributed by atoms with E-state index in [2.05, 4.69) is 14.9 Å². The van der Waals surface area contributed by atoms with Crippen LogP contribution in [-0.2, 0) is 0 Å². The Kier molecular flexibility index (Phi) is 7.46. The van der Waals surface area contributed by atoms with Crippen LogP contribution < -0.4 is 14.4 Å². The smallest absolute Gasteiger partial charge is 0.270 e. The number of piperazine rings is 1. The zero-order chi connectivity index (χ0) is 27.7. The van der Waals surface area contributed by atoms with Crippen molar-refractivity contribution in [2.45, 2.75) is 39.7 Å². The summed E-state index contributed by atoms with van der Waals surface area (Å²) >= 11 is 0. The topological polar surface area (TPSA) is 70.7 Å². The molecule has 8 heteroatoms. The molecule has 0 unspecified atom stereocenters. The summed E-state index contributed by atoms with van der Waals surface area (Å²) in [4.78, 5) is 25.1. The third kappa shape index (κ3) is 5.15. The number of nitrogens with one attached hydrogen (secondary N) is 1. The van der Waals surface area contributed by atoms with Crippen LogP contribution in [0, 0.1) is 5.82 Å². The summed E-state index contributed by atoms with van der Waals surface area (Å²) in [5.41, 5.74) is 3.83. The van der Waals surface area contributed by atoms with E-state index in [9.17, 15) is 4.79 Å². The summed E-state index contributed by atoms with van der Waals surface area (Å²) < 4.78 is 27.3. The maximum absolute atomic E-state index is 15.7. The lowest BCUT2D eigenvalue weighted by atomic mass is 9.94. The van der Waals surface area contributed by atoms with E-state index in [-0.39, 0.29) is 23.7 Å². The van der Waals surface area contributed by atoms with Crippen molar-refractivity contribution in [3.05, 3.63) is 71.9 Å². The fraction of sp³-hybridized carbons (Fsp3) is 0.355. The largest absolute Gasteiger partial charge is 0.495 e. The molecule has 4 aromatic rings. The normalized spacial score (nSPS) is 13.9. The molecule has 204 valence electrons. The number of pyridine rings is 1. The minimum absolute atomic E-state index is 0.0375. The Labute approximate surface area is 228 Å². The number of aromatic amines is 1. The van der Waals surface area contributed by atoms with E-state index in [1.807, 2.05) is 69.0 Å². The molecule has 1 N–H and O–H groups in total. The van der Waals surface area contributed by atoms with E-state index in [1.165, 1.54) is 0 Å². The first kappa shape index (κ1) is 26.5. The molecular weight excluding hydrogens is 495 g/mol. The summed E-state index contributed by atoms with van der Waals surface area (Å²) in [5, 5.41) is 0.634. The second kappa shape index (κ2) is 11.0. The van der Waals surface area contributed by atoms with Gasteiger partial charge in [0.25, 0.3) is 5.91 Å². The first-order valence-electron chi connectivity index (χ1n) is 13.4. The van der Waals surface area contributed by atoms with Gasteiger partial charge in [0.1, 0.15) is 17.2 Å². The number of H-pyrrole nitrogens is 1. The molecule has 0 radical (unpaired) electrons. The van der Waals surface area contributed by atoms with Gasteiger partial charge in [0.2, 0.25) is 0 Å². The van der Waals surface area contributed by atoms with Crippen LogP contribution >= 0.6 is 0 Å². The van der Waals surface area contributed by atoms with E-state index in [0.717, 1.165) is 22.6 Å². The van der Waals surface area contributed by atoms with Gasteiger partial charge in [-0.2, -0.15) is 0 Å². The van der Waals surface area contributed by atoms with Crippen LogP contribution in [0.15, 0.2) is 54.9 Å². The number of aromatic nitrogens is 2. The summed E-state index contributed by atoms with van der Waals surface area (Å²) in [7, 11) is 1.66. The Hall–Kier alpha value is -4.07. The number of methoxy groups -OCH3 is 1. The Morgan fingerprint density at radius 2 is 1.74 bits per heavy atom. The fourth-order valence-corrected chi connectivity index (χ4v) is 5.19. The first-order valence-corrected chi connectivity index (χ1v) is 13.4. The van der Waals surface area contributed by atoms with Gasteiger partial charge in [-0.25, -0.2) is 4.39 Å².